The van der Waals surface area contributed by atoms with Crippen molar-refractivity contribution in [2.75, 3.05) is 0 Å². The van der Waals surface area contributed by atoms with Gasteiger partial charge in [0.25, 0.3) is 11.1 Å². The molecule has 3 aromatic rings. The zero-order valence-electron chi connectivity index (χ0n) is 14.1. The van der Waals surface area contributed by atoms with Gasteiger partial charge in [-0.2, -0.15) is 0 Å². The maximum Gasteiger partial charge on any atom is 0.293 e. The van der Waals surface area contributed by atoms with E-state index >= 15 is 0 Å². The van der Waals surface area contributed by atoms with Gasteiger partial charge in [0.15, 0.2) is 0 Å². The first-order chi connectivity index (χ1) is 13.0. The summed E-state index contributed by atoms with van der Waals surface area (Å²) in [5.74, 6) is -0.256. The minimum absolute atomic E-state index is 0.0803. The standard InChI is InChI=1S/C21H14INO3S/c22-17-7-8-18(24)16(10-17)11-19-20(25)23(21(26)27-19)12-13-5-6-14-3-1-2-4-15(14)9-13/h1-11,24H,12H2/b19-11-. The number of carbonyl (C=O) groups is 2. The van der Waals surface area contributed by atoms with Gasteiger partial charge in [0.2, 0.25) is 0 Å². The summed E-state index contributed by atoms with van der Waals surface area (Å²) in [5, 5.41) is 11.9. The topological polar surface area (TPSA) is 57.6 Å². The Labute approximate surface area is 174 Å². The number of fused-ring (bicyclic) bond motifs is 1. The first-order valence-corrected chi connectivity index (χ1v) is 10.1. The second-order valence-corrected chi connectivity index (χ2v) is 8.39. The Kier molecular flexibility index (Phi) is 4.92. The molecular weight excluding hydrogens is 473 g/mol. The van der Waals surface area contributed by atoms with Crippen LogP contribution in [0, 0.1) is 3.57 Å². The van der Waals surface area contributed by atoms with E-state index in [0.717, 1.165) is 31.7 Å². The molecule has 1 saturated heterocycles. The van der Waals surface area contributed by atoms with E-state index in [4.69, 9.17) is 0 Å². The molecule has 1 fully saturated rings. The molecule has 4 rings (SSSR count). The van der Waals surface area contributed by atoms with Crippen LogP contribution in [0.15, 0.2) is 65.6 Å². The quantitative estimate of drug-likeness (QED) is 0.398. The predicted octanol–water partition coefficient (Wildman–Crippen LogP) is 5.39. The van der Waals surface area contributed by atoms with E-state index in [0.29, 0.717) is 10.5 Å². The van der Waals surface area contributed by atoms with Crippen LogP contribution in [0.4, 0.5) is 4.79 Å². The van der Waals surface area contributed by atoms with Gasteiger partial charge in [-0.1, -0.05) is 36.4 Å². The van der Waals surface area contributed by atoms with Crippen LogP contribution in [0.1, 0.15) is 11.1 Å². The zero-order chi connectivity index (χ0) is 19.0. The molecule has 134 valence electrons. The van der Waals surface area contributed by atoms with Crippen LogP contribution in [0.2, 0.25) is 0 Å². The fraction of sp³-hybridized carbons (Fsp3) is 0.0476. The first kappa shape index (κ1) is 18.1. The summed E-state index contributed by atoms with van der Waals surface area (Å²) in [6, 6.07) is 19.0. The van der Waals surface area contributed by atoms with Gasteiger partial charge in [0.1, 0.15) is 5.75 Å². The molecule has 0 bridgehead atoms. The van der Waals surface area contributed by atoms with Crippen LogP contribution in [0.5, 0.6) is 5.75 Å². The molecule has 3 aromatic carbocycles. The summed E-state index contributed by atoms with van der Waals surface area (Å²) >= 11 is 3.03. The molecule has 0 radical (unpaired) electrons. The Hall–Kier alpha value is -2.32. The number of rotatable bonds is 3. The smallest absolute Gasteiger partial charge is 0.293 e. The Morgan fingerprint density at radius 1 is 1.00 bits per heavy atom. The average Bonchev–Trinajstić information content (AvgIpc) is 2.92. The molecule has 0 spiro atoms. The Morgan fingerprint density at radius 2 is 1.78 bits per heavy atom. The van der Waals surface area contributed by atoms with Crippen LogP contribution in [-0.4, -0.2) is 21.2 Å². The van der Waals surface area contributed by atoms with E-state index < -0.39 is 0 Å². The van der Waals surface area contributed by atoms with E-state index in [-0.39, 0.29) is 23.4 Å². The summed E-state index contributed by atoms with van der Waals surface area (Å²) in [7, 11) is 0. The number of halogens is 1. The summed E-state index contributed by atoms with van der Waals surface area (Å²) in [4.78, 5) is 26.6. The van der Waals surface area contributed by atoms with Crippen molar-refractivity contribution in [3.63, 3.8) is 0 Å². The number of thioether (sulfide) groups is 1. The molecule has 0 atom stereocenters. The molecule has 0 aromatic heterocycles. The van der Waals surface area contributed by atoms with Crippen LogP contribution in [0.3, 0.4) is 0 Å². The lowest BCUT2D eigenvalue weighted by molar-refractivity contribution is -0.123. The van der Waals surface area contributed by atoms with Gasteiger partial charge in [-0.05, 0) is 81.0 Å². The lowest BCUT2D eigenvalue weighted by Crippen LogP contribution is -2.27. The maximum atomic E-state index is 12.7. The molecule has 27 heavy (non-hydrogen) atoms. The van der Waals surface area contributed by atoms with Crippen molar-refractivity contribution in [2.24, 2.45) is 0 Å². The normalized spacial score (nSPS) is 15.9. The molecule has 0 saturated carbocycles. The number of hydrogen-bond donors (Lipinski definition) is 1. The van der Waals surface area contributed by atoms with Gasteiger partial charge in [-0.25, -0.2) is 0 Å². The summed E-state index contributed by atoms with van der Waals surface area (Å²) in [6.07, 6.45) is 1.57. The number of carbonyl (C=O) groups excluding carboxylic acids is 2. The number of imide groups is 1. The Balaban J connectivity index is 1.60. The third kappa shape index (κ3) is 3.72. The average molecular weight is 487 g/mol. The maximum absolute atomic E-state index is 12.7. The lowest BCUT2D eigenvalue weighted by atomic mass is 10.1. The predicted molar refractivity (Wildman–Crippen MR) is 116 cm³/mol. The van der Waals surface area contributed by atoms with E-state index in [1.165, 1.54) is 4.90 Å². The molecule has 1 N–H and O–H groups in total. The third-order valence-corrected chi connectivity index (χ3v) is 5.88. The molecule has 2 amide bonds. The van der Waals surface area contributed by atoms with E-state index in [1.807, 2.05) is 42.5 Å². The molecular formula is C21H14INO3S. The van der Waals surface area contributed by atoms with Crippen molar-refractivity contribution in [1.82, 2.24) is 4.90 Å². The van der Waals surface area contributed by atoms with Gasteiger partial charge < -0.3 is 5.11 Å². The first-order valence-electron chi connectivity index (χ1n) is 8.23. The lowest BCUT2D eigenvalue weighted by Gasteiger charge is -2.13. The zero-order valence-corrected chi connectivity index (χ0v) is 17.0. The van der Waals surface area contributed by atoms with Crippen LogP contribution >= 0.6 is 34.4 Å². The number of nitrogens with zero attached hydrogens (tertiary/aromatic N) is 1. The number of phenolic OH excluding ortho intramolecular Hbond substituents is 1. The van der Waals surface area contributed by atoms with Crippen LogP contribution < -0.4 is 0 Å². The molecule has 6 heteroatoms. The van der Waals surface area contributed by atoms with Crippen molar-refractivity contribution in [3.05, 3.63) is 80.3 Å². The molecule has 1 heterocycles. The Bertz CT molecular complexity index is 1110. The van der Waals surface area contributed by atoms with Crippen molar-refractivity contribution in [3.8, 4) is 5.75 Å². The van der Waals surface area contributed by atoms with Crippen LogP contribution in [-0.2, 0) is 11.3 Å². The van der Waals surface area contributed by atoms with Gasteiger partial charge in [-0.15, -0.1) is 0 Å². The molecule has 1 aliphatic rings. The van der Waals surface area contributed by atoms with Crippen molar-refractivity contribution in [2.45, 2.75) is 6.54 Å². The number of hydrogen-bond acceptors (Lipinski definition) is 4. The van der Waals surface area contributed by atoms with Crippen molar-refractivity contribution >= 4 is 62.3 Å². The highest BCUT2D eigenvalue weighted by Crippen LogP contribution is 2.35. The number of benzene rings is 3. The summed E-state index contributed by atoms with van der Waals surface area (Å²) in [6.45, 7) is 0.227. The number of amides is 2. The van der Waals surface area contributed by atoms with Gasteiger partial charge in [0.05, 0.1) is 11.4 Å². The second kappa shape index (κ2) is 7.36. The molecule has 0 unspecified atom stereocenters. The molecule has 0 aliphatic carbocycles. The highest BCUT2D eigenvalue weighted by atomic mass is 127. The van der Waals surface area contributed by atoms with Gasteiger partial charge >= 0.3 is 0 Å². The fourth-order valence-corrected chi connectivity index (χ4v) is 4.28. The monoisotopic (exact) mass is 487 g/mol. The van der Waals surface area contributed by atoms with Gasteiger partial charge in [-0.3, -0.25) is 14.5 Å². The second-order valence-electron chi connectivity index (χ2n) is 6.15. The highest BCUT2D eigenvalue weighted by Gasteiger charge is 2.35. The van der Waals surface area contributed by atoms with E-state index in [2.05, 4.69) is 22.6 Å². The third-order valence-electron chi connectivity index (χ3n) is 4.30. The van der Waals surface area contributed by atoms with E-state index in [1.54, 1.807) is 24.3 Å². The van der Waals surface area contributed by atoms with Gasteiger partial charge in [0, 0.05) is 9.13 Å². The fourth-order valence-electron chi connectivity index (χ4n) is 2.94. The van der Waals surface area contributed by atoms with E-state index in [9.17, 15) is 14.7 Å². The number of aromatic hydroxyl groups is 1. The molecule has 1 aliphatic heterocycles. The van der Waals surface area contributed by atoms with Crippen molar-refractivity contribution < 1.29 is 14.7 Å². The van der Waals surface area contributed by atoms with Crippen molar-refractivity contribution in [1.29, 1.82) is 0 Å². The summed E-state index contributed by atoms with van der Waals surface area (Å²) in [5.41, 5.74) is 1.42. The van der Waals surface area contributed by atoms with Crippen LogP contribution in [0.25, 0.3) is 16.8 Å². The summed E-state index contributed by atoms with van der Waals surface area (Å²) < 4.78 is 0.937. The Morgan fingerprint density at radius 3 is 2.59 bits per heavy atom. The minimum atomic E-state index is -0.337. The molecule has 4 nitrogen and oxygen atoms in total. The highest BCUT2D eigenvalue weighted by molar-refractivity contribution is 14.1. The SMILES string of the molecule is O=C1S/C(=C\c2cc(I)ccc2O)C(=O)N1Cc1ccc2ccccc2c1. The minimum Gasteiger partial charge on any atom is -0.507 e. The largest absolute Gasteiger partial charge is 0.507 e. The number of phenols is 1.